The van der Waals surface area contributed by atoms with Crippen molar-refractivity contribution >= 4 is 23.4 Å². The van der Waals surface area contributed by atoms with Gasteiger partial charge < -0.3 is 21.1 Å². The molecule has 0 bridgehead atoms. The van der Waals surface area contributed by atoms with E-state index in [-0.39, 0.29) is 36.8 Å². The number of benzene rings is 2. The summed E-state index contributed by atoms with van der Waals surface area (Å²) in [4.78, 5) is 35.2. The summed E-state index contributed by atoms with van der Waals surface area (Å²) in [5.41, 5.74) is 6.76. The molecule has 0 heterocycles. The predicted octanol–water partition coefficient (Wildman–Crippen LogP) is 1.48. The Hall–Kier alpha value is -3.35. The first-order chi connectivity index (χ1) is 12.5. The normalized spacial score (nSPS) is 10.0. The van der Waals surface area contributed by atoms with Crippen molar-refractivity contribution in [2.45, 2.75) is 12.8 Å². The first-order valence-corrected chi connectivity index (χ1v) is 8.08. The maximum Gasteiger partial charge on any atom is 0.248 e. The molecule has 0 spiro atoms. The fourth-order valence-corrected chi connectivity index (χ4v) is 2.33. The van der Waals surface area contributed by atoms with Gasteiger partial charge in [0, 0.05) is 18.5 Å². The summed E-state index contributed by atoms with van der Waals surface area (Å²) in [5, 5.41) is 5.36. The maximum absolute atomic E-state index is 12.1. The zero-order chi connectivity index (χ0) is 18.9. The Labute approximate surface area is 151 Å². The molecular formula is C19H21N3O4. The van der Waals surface area contributed by atoms with Crippen molar-refractivity contribution in [3.8, 4) is 5.75 Å². The van der Waals surface area contributed by atoms with Gasteiger partial charge in [0.05, 0.1) is 19.2 Å². The van der Waals surface area contributed by atoms with Crippen molar-refractivity contribution in [1.82, 2.24) is 5.32 Å². The Morgan fingerprint density at radius 1 is 1.04 bits per heavy atom. The maximum atomic E-state index is 12.1. The second kappa shape index (κ2) is 9.22. The molecule has 0 saturated heterocycles. The van der Waals surface area contributed by atoms with E-state index in [0.717, 1.165) is 5.56 Å². The van der Waals surface area contributed by atoms with Crippen LogP contribution in [0.4, 0.5) is 5.69 Å². The largest absolute Gasteiger partial charge is 0.495 e. The highest BCUT2D eigenvalue weighted by atomic mass is 16.5. The van der Waals surface area contributed by atoms with E-state index in [2.05, 4.69) is 10.6 Å². The molecule has 0 radical (unpaired) electrons. The first kappa shape index (κ1) is 19.0. The monoisotopic (exact) mass is 355 g/mol. The van der Waals surface area contributed by atoms with Crippen LogP contribution in [0, 0.1) is 0 Å². The van der Waals surface area contributed by atoms with E-state index < -0.39 is 5.91 Å². The standard InChI is InChI=1S/C19H21N3O4/c1-26-16-8-7-14(19(20)25)12-15(16)22-17(23)9-10-21-18(24)11-13-5-3-2-4-6-13/h2-8,12H,9-11H2,1H3,(H2,20,25)(H,21,24)(H,22,23). The second-order valence-electron chi connectivity index (χ2n) is 5.59. The smallest absolute Gasteiger partial charge is 0.248 e. The number of carbonyl (C=O) groups excluding carboxylic acids is 3. The number of nitrogens with one attached hydrogen (secondary N) is 2. The minimum atomic E-state index is -0.601. The zero-order valence-corrected chi connectivity index (χ0v) is 14.5. The summed E-state index contributed by atoms with van der Waals surface area (Å²) < 4.78 is 5.15. The van der Waals surface area contributed by atoms with Gasteiger partial charge in [0.25, 0.3) is 0 Å². The Bertz CT molecular complexity index is 791. The molecule has 0 aliphatic rings. The fourth-order valence-electron chi connectivity index (χ4n) is 2.33. The van der Waals surface area contributed by atoms with Gasteiger partial charge in [-0.1, -0.05) is 30.3 Å². The lowest BCUT2D eigenvalue weighted by Crippen LogP contribution is -2.29. The molecule has 0 saturated carbocycles. The molecule has 0 atom stereocenters. The SMILES string of the molecule is COc1ccc(C(N)=O)cc1NC(=O)CCNC(=O)Cc1ccccc1. The molecule has 136 valence electrons. The van der Waals surface area contributed by atoms with E-state index >= 15 is 0 Å². The predicted molar refractivity (Wildman–Crippen MR) is 97.9 cm³/mol. The van der Waals surface area contributed by atoms with Crippen LogP contribution in [-0.4, -0.2) is 31.4 Å². The minimum absolute atomic E-state index is 0.0878. The van der Waals surface area contributed by atoms with Crippen LogP contribution in [0.5, 0.6) is 5.75 Å². The van der Waals surface area contributed by atoms with Crippen LogP contribution in [0.2, 0.25) is 0 Å². The van der Waals surface area contributed by atoms with Crippen molar-refractivity contribution in [2.75, 3.05) is 19.0 Å². The van der Waals surface area contributed by atoms with Gasteiger partial charge in [-0.25, -0.2) is 0 Å². The fraction of sp³-hybridized carbons (Fsp3) is 0.211. The summed E-state index contributed by atoms with van der Waals surface area (Å²) in [6, 6.07) is 13.9. The van der Waals surface area contributed by atoms with Crippen LogP contribution in [0.3, 0.4) is 0 Å². The van der Waals surface area contributed by atoms with E-state index in [0.29, 0.717) is 11.4 Å². The Morgan fingerprint density at radius 2 is 1.77 bits per heavy atom. The average Bonchev–Trinajstić information content (AvgIpc) is 2.62. The molecular weight excluding hydrogens is 334 g/mol. The number of amides is 3. The highest BCUT2D eigenvalue weighted by Crippen LogP contribution is 2.25. The van der Waals surface area contributed by atoms with Crippen molar-refractivity contribution in [3.05, 3.63) is 59.7 Å². The Kier molecular flexibility index (Phi) is 6.73. The van der Waals surface area contributed by atoms with Crippen LogP contribution in [0.1, 0.15) is 22.3 Å². The van der Waals surface area contributed by atoms with Gasteiger partial charge in [0.15, 0.2) is 0 Å². The number of primary amides is 1. The van der Waals surface area contributed by atoms with Crippen LogP contribution < -0.4 is 21.1 Å². The molecule has 0 aliphatic heterocycles. The van der Waals surface area contributed by atoms with Gasteiger partial charge in [-0.05, 0) is 23.8 Å². The summed E-state index contributed by atoms with van der Waals surface area (Å²) in [6.07, 6.45) is 0.349. The number of hydrogen-bond acceptors (Lipinski definition) is 4. The zero-order valence-electron chi connectivity index (χ0n) is 14.5. The number of ether oxygens (including phenoxy) is 1. The molecule has 0 fully saturated rings. The summed E-state index contributed by atoms with van der Waals surface area (Å²) in [7, 11) is 1.46. The molecule has 2 rings (SSSR count). The minimum Gasteiger partial charge on any atom is -0.495 e. The third-order valence-electron chi connectivity index (χ3n) is 3.64. The molecule has 2 aromatic rings. The quantitative estimate of drug-likeness (QED) is 0.666. The highest BCUT2D eigenvalue weighted by Gasteiger charge is 2.11. The van der Waals surface area contributed by atoms with Gasteiger partial charge in [-0.2, -0.15) is 0 Å². The molecule has 2 aromatic carbocycles. The molecule has 0 unspecified atom stereocenters. The number of methoxy groups -OCH3 is 1. The molecule has 3 amide bonds. The summed E-state index contributed by atoms with van der Waals surface area (Å²) in [6.45, 7) is 0.204. The Morgan fingerprint density at radius 3 is 2.42 bits per heavy atom. The third kappa shape index (κ3) is 5.62. The first-order valence-electron chi connectivity index (χ1n) is 8.08. The third-order valence-corrected chi connectivity index (χ3v) is 3.64. The van der Waals surface area contributed by atoms with E-state index in [9.17, 15) is 14.4 Å². The van der Waals surface area contributed by atoms with Crippen molar-refractivity contribution in [1.29, 1.82) is 0 Å². The summed E-state index contributed by atoms with van der Waals surface area (Å²) >= 11 is 0. The average molecular weight is 355 g/mol. The van der Waals surface area contributed by atoms with Crippen LogP contribution in [0.25, 0.3) is 0 Å². The number of nitrogens with two attached hydrogens (primary N) is 1. The lowest BCUT2D eigenvalue weighted by molar-refractivity contribution is -0.120. The van der Waals surface area contributed by atoms with E-state index in [4.69, 9.17) is 10.5 Å². The summed E-state index contributed by atoms with van der Waals surface area (Å²) in [5.74, 6) is -0.657. The lowest BCUT2D eigenvalue weighted by atomic mass is 10.1. The van der Waals surface area contributed by atoms with Gasteiger partial charge >= 0.3 is 0 Å². The van der Waals surface area contributed by atoms with E-state index in [1.807, 2.05) is 30.3 Å². The van der Waals surface area contributed by atoms with Gasteiger partial charge in [-0.15, -0.1) is 0 Å². The highest BCUT2D eigenvalue weighted by molar-refractivity contribution is 5.97. The van der Waals surface area contributed by atoms with Crippen molar-refractivity contribution in [2.24, 2.45) is 5.73 Å². The molecule has 7 heteroatoms. The number of anilines is 1. The molecule has 4 N–H and O–H groups in total. The topological polar surface area (TPSA) is 111 Å². The lowest BCUT2D eigenvalue weighted by Gasteiger charge is -2.11. The van der Waals surface area contributed by atoms with Gasteiger partial charge in [0.1, 0.15) is 5.75 Å². The molecule has 0 aliphatic carbocycles. The van der Waals surface area contributed by atoms with Crippen LogP contribution >= 0.6 is 0 Å². The number of rotatable bonds is 8. The van der Waals surface area contributed by atoms with E-state index in [1.165, 1.54) is 19.2 Å². The van der Waals surface area contributed by atoms with Crippen LogP contribution in [0.15, 0.2) is 48.5 Å². The second-order valence-corrected chi connectivity index (χ2v) is 5.59. The van der Waals surface area contributed by atoms with Gasteiger partial charge in [0.2, 0.25) is 17.7 Å². The van der Waals surface area contributed by atoms with Gasteiger partial charge in [-0.3, -0.25) is 14.4 Å². The molecule has 0 aromatic heterocycles. The van der Waals surface area contributed by atoms with Crippen LogP contribution in [-0.2, 0) is 16.0 Å². The van der Waals surface area contributed by atoms with E-state index in [1.54, 1.807) is 6.07 Å². The van der Waals surface area contributed by atoms with Crippen molar-refractivity contribution < 1.29 is 19.1 Å². The molecule has 7 nitrogen and oxygen atoms in total. The molecule has 26 heavy (non-hydrogen) atoms. The Balaban J connectivity index is 1.84. The number of hydrogen-bond donors (Lipinski definition) is 3. The number of carbonyl (C=O) groups is 3. The van der Waals surface area contributed by atoms with Crippen molar-refractivity contribution in [3.63, 3.8) is 0 Å².